The maximum absolute atomic E-state index is 10.5. The molecular weight excluding hydrogens is 320 g/mol. The Kier molecular flexibility index (Phi) is 4.81. The van der Waals surface area contributed by atoms with E-state index < -0.39 is 5.60 Å². The molecule has 2 aromatic carbocycles. The molecule has 20 heavy (non-hydrogen) atoms. The SMILES string of the molecule is CC(O)(COc1c(Br)cccc1CO)c1ccccc1. The van der Waals surface area contributed by atoms with Crippen molar-refractivity contribution >= 4 is 15.9 Å². The first-order valence-corrected chi connectivity index (χ1v) is 7.13. The van der Waals surface area contributed by atoms with Crippen molar-refractivity contribution in [3.05, 3.63) is 64.1 Å². The standard InChI is InChI=1S/C16H17BrO3/c1-16(19,13-7-3-2-4-8-13)11-20-15-12(10-18)6-5-9-14(15)17/h2-9,18-19H,10-11H2,1H3. The van der Waals surface area contributed by atoms with Gasteiger partial charge in [0.1, 0.15) is 18.0 Å². The number of aliphatic hydroxyl groups excluding tert-OH is 1. The second-order valence-corrected chi connectivity index (χ2v) is 5.67. The molecule has 1 atom stereocenters. The van der Waals surface area contributed by atoms with Gasteiger partial charge in [0.05, 0.1) is 11.1 Å². The zero-order valence-corrected chi connectivity index (χ0v) is 12.8. The maximum Gasteiger partial charge on any atom is 0.139 e. The van der Waals surface area contributed by atoms with Crippen LogP contribution in [0.4, 0.5) is 0 Å². The smallest absolute Gasteiger partial charge is 0.139 e. The minimum atomic E-state index is -1.09. The van der Waals surface area contributed by atoms with Crippen LogP contribution in [0.15, 0.2) is 53.0 Å². The van der Waals surface area contributed by atoms with Crippen LogP contribution >= 0.6 is 15.9 Å². The highest BCUT2D eigenvalue weighted by Crippen LogP contribution is 2.31. The lowest BCUT2D eigenvalue weighted by Gasteiger charge is -2.25. The van der Waals surface area contributed by atoms with Gasteiger partial charge in [0.15, 0.2) is 0 Å². The van der Waals surface area contributed by atoms with E-state index in [2.05, 4.69) is 15.9 Å². The zero-order valence-electron chi connectivity index (χ0n) is 11.2. The van der Waals surface area contributed by atoms with Crippen LogP contribution in [0.5, 0.6) is 5.75 Å². The van der Waals surface area contributed by atoms with Crippen LogP contribution in [-0.2, 0) is 12.2 Å². The molecule has 0 saturated carbocycles. The Morgan fingerprint density at radius 2 is 1.80 bits per heavy atom. The summed E-state index contributed by atoms with van der Waals surface area (Å²) in [6, 6.07) is 14.8. The highest BCUT2D eigenvalue weighted by molar-refractivity contribution is 9.10. The highest BCUT2D eigenvalue weighted by atomic mass is 79.9. The van der Waals surface area contributed by atoms with Crippen molar-refractivity contribution in [2.45, 2.75) is 19.1 Å². The molecule has 106 valence electrons. The predicted molar refractivity (Wildman–Crippen MR) is 81.6 cm³/mol. The summed E-state index contributed by atoms with van der Waals surface area (Å²) in [6.07, 6.45) is 0. The fraction of sp³-hybridized carbons (Fsp3) is 0.250. The van der Waals surface area contributed by atoms with Crippen LogP contribution in [0.1, 0.15) is 18.1 Å². The summed E-state index contributed by atoms with van der Waals surface area (Å²) in [5, 5.41) is 19.8. The molecule has 2 N–H and O–H groups in total. The number of halogens is 1. The van der Waals surface area contributed by atoms with Gasteiger partial charge in [0.2, 0.25) is 0 Å². The lowest BCUT2D eigenvalue weighted by molar-refractivity contribution is 0.00670. The van der Waals surface area contributed by atoms with E-state index in [9.17, 15) is 10.2 Å². The Morgan fingerprint density at radius 3 is 2.45 bits per heavy atom. The van der Waals surface area contributed by atoms with Crippen molar-refractivity contribution in [1.82, 2.24) is 0 Å². The monoisotopic (exact) mass is 336 g/mol. The molecule has 0 amide bonds. The van der Waals surface area contributed by atoms with Gasteiger partial charge in [-0.05, 0) is 34.5 Å². The van der Waals surface area contributed by atoms with Crippen molar-refractivity contribution < 1.29 is 14.9 Å². The second kappa shape index (κ2) is 6.39. The molecule has 0 heterocycles. The molecule has 0 aliphatic heterocycles. The molecule has 2 aromatic rings. The van der Waals surface area contributed by atoms with E-state index in [1.807, 2.05) is 42.5 Å². The van der Waals surface area contributed by atoms with Gasteiger partial charge in [0, 0.05) is 5.56 Å². The average Bonchev–Trinajstić information content (AvgIpc) is 2.46. The highest BCUT2D eigenvalue weighted by Gasteiger charge is 2.24. The summed E-state index contributed by atoms with van der Waals surface area (Å²) >= 11 is 3.39. The molecule has 3 nitrogen and oxygen atoms in total. The first-order chi connectivity index (χ1) is 9.54. The minimum Gasteiger partial charge on any atom is -0.489 e. The molecule has 0 aliphatic carbocycles. The van der Waals surface area contributed by atoms with Gasteiger partial charge in [-0.3, -0.25) is 0 Å². The van der Waals surface area contributed by atoms with Gasteiger partial charge < -0.3 is 14.9 Å². The van der Waals surface area contributed by atoms with Crippen LogP contribution in [0.3, 0.4) is 0 Å². The van der Waals surface area contributed by atoms with Gasteiger partial charge in [-0.25, -0.2) is 0 Å². The average molecular weight is 337 g/mol. The summed E-state index contributed by atoms with van der Waals surface area (Å²) in [4.78, 5) is 0. The van der Waals surface area contributed by atoms with E-state index in [-0.39, 0.29) is 13.2 Å². The molecule has 0 bridgehead atoms. The second-order valence-electron chi connectivity index (χ2n) is 4.81. The van der Waals surface area contributed by atoms with Crippen molar-refractivity contribution in [1.29, 1.82) is 0 Å². The van der Waals surface area contributed by atoms with E-state index in [0.717, 1.165) is 10.0 Å². The molecule has 0 saturated heterocycles. The Balaban J connectivity index is 2.17. The zero-order chi connectivity index (χ0) is 14.6. The fourth-order valence-corrected chi connectivity index (χ4v) is 2.45. The Labute approximate surface area is 127 Å². The largest absolute Gasteiger partial charge is 0.489 e. The molecule has 0 aliphatic rings. The number of hydrogen-bond acceptors (Lipinski definition) is 3. The van der Waals surface area contributed by atoms with Crippen LogP contribution in [0.2, 0.25) is 0 Å². The quantitative estimate of drug-likeness (QED) is 0.881. The van der Waals surface area contributed by atoms with Crippen molar-refractivity contribution in [2.75, 3.05) is 6.61 Å². The first-order valence-electron chi connectivity index (χ1n) is 6.33. The molecule has 0 aromatic heterocycles. The third-order valence-corrected chi connectivity index (χ3v) is 3.74. The van der Waals surface area contributed by atoms with Gasteiger partial charge >= 0.3 is 0 Å². The maximum atomic E-state index is 10.5. The summed E-state index contributed by atoms with van der Waals surface area (Å²) in [6.45, 7) is 1.70. The summed E-state index contributed by atoms with van der Waals surface area (Å²) < 4.78 is 6.48. The topological polar surface area (TPSA) is 49.7 Å². The molecule has 4 heteroatoms. The third kappa shape index (κ3) is 3.39. The lowest BCUT2D eigenvalue weighted by atomic mass is 9.97. The molecular formula is C16H17BrO3. The van der Waals surface area contributed by atoms with Crippen molar-refractivity contribution in [3.63, 3.8) is 0 Å². The van der Waals surface area contributed by atoms with Gasteiger partial charge in [0.25, 0.3) is 0 Å². The van der Waals surface area contributed by atoms with Gasteiger partial charge in [-0.1, -0.05) is 42.5 Å². The number of hydrogen-bond donors (Lipinski definition) is 2. The van der Waals surface area contributed by atoms with E-state index >= 15 is 0 Å². The Morgan fingerprint density at radius 1 is 1.10 bits per heavy atom. The van der Waals surface area contributed by atoms with Gasteiger partial charge in [-0.2, -0.15) is 0 Å². The summed E-state index contributed by atoms with van der Waals surface area (Å²) in [5.41, 5.74) is 0.379. The molecule has 0 fully saturated rings. The number of benzene rings is 2. The van der Waals surface area contributed by atoms with Crippen molar-refractivity contribution in [2.24, 2.45) is 0 Å². The van der Waals surface area contributed by atoms with Crippen LogP contribution in [0, 0.1) is 0 Å². The molecule has 0 spiro atoms. The number of rotatable bonds is 5. The summed E-state index contributed by atoms with van der Waals surface area (Å²) in [7, 11) is 0. The molecule has 1 unspecified atom stereocenters. The third-order valence-electron chi connectivity index (χ3n) is 3.11. The molecule has 0 radical (unpaired) electrons. The predicted octanol–water partition coefficient (Wildman–Crippen LogP) is 3.23. The lowest BCUT2D eigenvalue weighted by Crippen LogP contribution is -2.29. The Hall–Kier alpha value is -1.36. The summed E-state index contributed by atoms with van der Waals surface area (Å²) in [5.74, 6) is 0.561. The van der Waals surface area contributed by atoms with Crippen LogP contribution in [0.25, 0.3) is 0 Å². The number of para-hydroxylation sites is 1. The van der Waals surface area contributed by atoms with Gasteiger partial charge in [-0.15, -0.1) is 0 Å². The van der Waals surface area contributed by atoms with Crippen LogP contribution in [-0.4, -0.2) is 16.8 Å². The van der Waals surface area contributed by atoms with E-state index in [0.29, 0.717) is 11.3 Å². The normalized spacial score (nSPS) is 13.8. The molecule has 2 rings (SSSR count). The van der Waals surface area contributed by atoms with Crippen molar-refractivity contribution in [3.8, 4) is 5.75 Å². The van der Waals surface area contributed by atoms with Crippen LogP contribution < -0.4 is 4.74 Å². The fourth-order valence-electron chi connectivity index (χ4n) is 1.93. The van der Waals surface area contributed by atoms with E-state index in [4.69, 9.17) is 4.74 Å². The number of ether oxygens (including phenoxy) is 1. The Bertz CT molecular complexity index is 567. The van der Waals surface area contributed by atoms with E-state index in [1.54, 1.807) is 13.0 Å². The first kappa shape index (κ1) is 15.0. The number of aliphatic hydroxyl groups is 2. The minimum absolute atomic E-state index is 0.104. The van der Waals surface area contributed by atoms with E-state index in [1.165, 1.54) is 0 Å².